The van der Waals surface area contributed by atoms with Crippen LogP contribution >= 0.6 is 0 Å². The van der Waals surface area contributed by atoms with Gasteiger partial charge in [-0.25, -0.2) is 0 Å². The molecule has 0 radical (unpaired) electrons. The molecule has 0 amide bonds. The molecule has 0 aliphatic carbocycles. The summed E-state index contributed by atoms with van der Waals surface area (Å²) in [6.07, 6.45) is 6.20. The molecular formula is C12H14N2. The van der Waals surface area contributed by atoms with Gasteiger partial charge in [0.05, 0.1) is 0 Å². The molecule has 0 saturated carbocycles. The second-order valence-corrected chi connectivity index (χ2v) is 3.18. The van der Waals surface area contributed by atoms with E-state index < -0.39 is 0 Å². The van der Waals surface area contributed by atoms with Crippen LogP contribution in [0, 0.1) is 0 Å². The molecule has 2 rings (SSSR count). The molecule has 2 nitrogen and oxygen atoms in total. The fraction of sp³-hybridized carbons (Fsp3) is 0.167. The van der Waals surface area contributed by atoms with Crippen LogP contribution in [-0.2, 0) is 0 Å². The summed E-state index contributed by atoms with van der Waals surface area (Å²) in [5.74, 6) is 1.05. The van der Waals surface area contributed by atoms with Crippen molar-refractivity contribution in [2.75, 3.05) is 11.9 Å². The van der Waals surface area contributed by atoms with E-state index in [0.29, 0.717) is 0 Å². The number of rotatable bonds is 2. The first-order valence-corrected chi connectivity index (χ1v) is 4.88. The largest absolute Gasteiger partial charge is 0.372 e. The maximum Gasteiger partial charge on any atom is 0.103 e. The van der Waals surface area contributed by atoms with Crippen molar-refractivity contribution in [2.45, 2.75) is 6.92 Å². The lowest BCUT2D eigenvalue weighted by Crippen LogP contribution is -2.18. The van der Waals surface area contributed by atoms with Gasteiger partial charge in [-0.2, -0.15) is 0 Å². The molecule has 2 N–H and O–H groups in total. The number of anilines is 1. The van der Waals surface area contributed by atoms with Gasteiger partial charge in [0.1, 0.15) is 5.82 Å². The first-order chi connectivity index (χ1) is 6.90. The van der Waals surface area contributed by atoms with Crippen molar-refractivity contribution in [3.05, 3.63) is 47.8 Å². The minimum atomic E-state index is 0.925. The van der Waals surface area contributed by atoms with Crippen molar-refractivity contribution >= 4 is 11.8 Å². The highest BCUT2D eigenvalue weighted by molar-refractivity contribution is 5.70. The lowest BCUT2D eigenvalue weighted by molar-refractivity contribution is 0.860. The summed E-state index contributed by atoms with van der Waals surface area (Å²) in [6.45, 7) is 3.01. The number of benzene rings is 1. The molecule has 1 aromatic carbocycles. The number of fused-ring (bicyclic) bond motifs is 1. The molecule has 1 heterocycles. The van der Waals surface area contributed by atoms with Crippen LogP contribution < -0.4 is 10.6 Å². The van der Waals surface area contributed by atoms with Crippen LogP contribution in [-0.4, -0.2) is 6.54 Å². The van der Waals surface area contributed by atoms with Gasteiger partial charge in [-0.15, -0.1) is 0 Å². The highest BCUT2D eigenvalue weighted by Gasteiger charge is 2.02. The molecule has 1 aromatic rings. The van der Waals surface area contributed by atoms with Crippen molar-refractivity contribution in [1.82, 2.24) is 5.32 Å². The van der Waals surface area contributed by atoms with Crippen LogP contribution in [0.3, 0.4) is 0 Å². The van der Waals surface area contributed by atoms with Gasteiger partial charge in [-0.05, 0) is 24.6 Å². The van der Waals surface area contributed by atoms with Crippen molar-refractivity contribution in [3.63, 3.8) is 0 Å². The number of nitrogens with one attached hydrogen (secondary N) is 2. The van der Waals surface area contributed by atoms with Crippen LogP contribution in [0.4, 0.5) is 5.69 Å². The van der Waals surface area contributed by atoms with Gasteiger partial charge in [-0.1, -0.05) is 30.4 Å². The van der Waals surface area contributed by atoms with Crippen LogP contribution in [0.2, 0.25) is 0 Å². The van der Waals surface area contributed by atoms with Crippen molar-refractivity contribution < 1.29 is 0 Å². The predicted molar refractivity (Wildman–Crippen MR) is 60.9 cm³/mol. The van der Waals surface area contributed by atoms with E-state index in [-0.39, 0.29) is 0 Å². The third kappa shape index (κ3) is 1.79. The summed E-state index contributed by atoms with van der Waals surface area (Å²) in [5.41, 5.74) is 2.37. The molecule has 0 aromatic heterocycles. The molecule has 0 saturated heterocycles. The third-order valence-electron chi connectivity index (χ3n) is 2.14. The average Bonchev–Trinajstić information content (AvgIpc) is 2.40. The number of allylic oxidation sites excluding steroid dienone is 2. The predicted octanol–water partition coefficient (Wildman–Crippen LogP) is 2.58. The molecule has 14 heavy (non-hydrogen) atoms. The normalized spacial score (nSPS) is 13.6. The maximum absolute atomic E-state index is 3.35. The fourth-order valence-electron chi connectivity index (χ4n) is 1.48. The zero-order valence-corrected chi connectivity index (χ0v) is 8.25. The van der Waals surface area contributed by atoms with E-state index in [9.17, 15) is 0 Å². The molecule has 72 valence electrons. The Morgan fingerprint density at radius 2 is 2.14 bits per heavy atom. The second-order valence-electron chi connectivity index (χ2n) is 3.18. The van der Waals surface area contributed by atoms with Crippen LogP contribution in [0.5, 0.6) is 0 Å². The van der Waals surface area contributed by atoms with E-state index >= 15 is 0 Å². The summed E-state index contributed by atoms with van der Waals surface area (Å²) in [6, 6.07) is 8.26. The Morgan fingerprint density at radius 1 is 1.29 bits per heavy atom. The Hall–Kier alpha value is -1.70. The Kier molecular flexibility index (Phi) is 2.54. The SMILES string of the molecule is CCNC1=CC=Cc2ccccc2N1. The summed E-state index contributed by atoms with van der Waals surface area (Å²) in [5, 5.41) is 6.61. The van der Waals surface area contributed by atoms with Gasteiger partial charge in [0, 0.05) is 12.2 Å². The molecule has 2 heteroatoms. The Morgan fingerprint density at radius 3 is 3.00 bits per heavy atom. The fourth-order valence-corrected chi connectivity index (χ4v) is 1.48. The van der Waals surface area contributed by atoms with E-state index in [2.05, 4.69) is 41.8 Å². The molecule has 0 spiro atoms. The maximum atomic E-state index is 3.35. The zero-order chi connectivity index (χ0) is 9.80. The smallest absolute Gasteiger partial charge is 0.103 e. The van der Waals surface area contributed by atoms with Crippen LogP contribution in [0.15, 0.2) is 42.2 Å². The lowest BCUT2D eigenvalue weighted by atomic mass is 10.2. The van der Waals surface area contributed by atoms with Gasteiger partial charge in [0.15, 0.2) is 0 Å². The summed E-state index contributed by atoms with van der Waals surface area (Å²) in [4.78, 5) is 0. The van der Waals surface area contributed by atoms with E-state index in [1.165, 1.54) is 5.56 Å². The second kappa shape index (κ2) is 4.01. The first-order valence-electron chi connectivity index (χ1n) is 4.88. The highest BCUT2D eigenvalue weighted by atomic mass is 15.1. The molecule has 1 aliphatic rings. The Bertz CT molecular complexity index is 378. The van der Waals surface area contributed by atoms with E-state index in [0.717, 1.165) is 18.1 Å². The summed E-state index contributed by atoms with van der Waals surface area (Å²) < 4.78 is 0. The Balaban J connectivity index is 2.28. The Labute approximate surface area is 84.3 Å². The molecule has 0 atom stereocenters. The third-order valence-corrected chi connectivity index (χ3v) is 2.14. The molecule has 1 aliphatic heterocycles. The van der Waals surface area contributed by atoms with E-state index in [1.54, 1.807) is 0 Å². The zero-order valence-electron chi connectivity index (χ0n) is 8.25. The van der Waals surface area contributed by atoms with Crippen molar-refractivity contribution in [2.24, 2.45) is 0 Å². The lowest BCUT2D eigenvalue weighted by Gasteiger charge is -2.11. The standard InChI is InChI=1S/C12H14N2/c1-2-13-12-9-5-7-10-6-3-4-8-11(10)14-12/h3-9,13-14H,2H2,1H3. The first kappa shape index (κ1) is 8.88. The topological polar surface area (TPSA) is 24.1 Å². The van der Waals surface area contributed by atoms with Crippen LogP contribution in [0.25, 0.3) is 6.08 Å². The van der Waals surface area contributed by atoms with Crippen molar-refractivity contribution in [3.8, 4) is 0 Å². The highest BCUT2D eigenvalue weighted by Crippen LogP contribution is 2.20. The minimum Gasteiger partial charge on any atom is -0.372 e. The molecule has 0 unspecified atom stereocenters. The van der Waals surface area contributed by atoms with Crippen molar-refractivity contribution in [1.29, 1.82) is 0 Å². The van der Waals surface area contributed by atoms with Gasteiger partial charge in [-0.3, -0.25) is 0 Å². The number of hydrogen-bond acceptors (Lipinski definition) is 2. The monoisotopic (exact) mass is 186 g/mol. The molecule has 0 fully saturated rings. The average molecular weight is 186 g/mol. The molecule has 0 bridgehead atoms. The van der Waals surface area contributed by atoms with E-state index in [1.807, 2.05) is 18.2 Å². The van der Waals surface area contributed by atoms with Gasteiger partial charge < -0.3 is 10.6 Å². The number of para-hydroxylation sites is 1. The van der Waals surface area contributed by atoms with E-state index in [4.69, 9.17) is 0 Å². The van der Waals surface area contributed by atoms with Gasteiger partial charge >= 0.3 is 0 Å². The number of hydrogen-bond donors (Lipinski definition) is 2. The summed E-state index contributed by atoms with van der Waals surface area (Å²) >= 11 is 0. The molecular weight excluding hydrogens is 172 g/mol. The van der Waals surface area contributed by atoms with Crippen LogP contribution in [0.1, 0.15) is 12.5 Å². The van der Waals surface area contributed by atoms with Gasteiger partial charge in [0.25, 0.3) is 0 Å². The quantitative estimate of drug-likeness (QED) is 0.741. The summed E-state index contributed by atoms with van der Waals surface area (Å²) in [7, 11) is 0. The van der Waals surface area contributed by atoms with Gasteiger partial charge in [0.2, 0.25) is 0 Å². The minimum absolute atomic E-state index is 0.925.